The van der Waals surface area contributed by atoms with Crippen molar-refractivity contribution in [1.82, 2.24) is 5.32 Å². The largest absolute Gasteiger partial charge is 0.500 e. The Morgan fingerprint density at radius 2 is 2.00 bits per heavy atom. The van der Waals surface area contributed by atoms with Crippen molar-refractivity contribution in [2.45, 2.75) is 19.4 Å². The van der Waals surface area contributed by atoms with E-state index in [2.05, 4.69) is 5.32 Å². The molecule has 1 rings (SSSR count). The highest BCUT2D eigenvalue weighted by atomic mass is 28.4. The normalized spacial score (nSPS) is 11.4. The van der Waals surface area contributed by atoms with Crippen molar-refractivity contribution in [1.29, 1.82) is 0 Å². The number of amides is 1. The SMILES string of the molecule is CCO[Si](CCCNC(=O)c1ccc(F)c(B(O)O)c1)(OC)OC. The second-order valence-corrected chi connectivity index (χ2v) is 7.96. The number of hydrogen-bond donors (Lipinski definition) is 3. The lowest BCUT2D eigenvalue weighted by molar-refractivity contribution is 0.0941. The average Bonchev–Trinajstić information content (AvgIpc) is 2.57. The van der Waals surface area contributed by atoms with Crippen molar-refractivity contribution in [2.75, 3.05) is 27.4 Å². The third-order valence-corrected chi connectivity index (χ3v) is 6.41. The molecule has 0 radical (unpaired) electrons. The maximum atomic E-state index is 13.4. The first-order chi connectivity index (χ1) is 11.4. The quantitative estimate of drug-likeness (QED) is 0.399. The predicted octanol–water partition coefficient (Wildman–Crippen LogP) is -0.106. The topological polar surface area (TPSA) is 97.3 Å². The molecular weight excluding hydrogens is 336 g/mol. The summed E-state index contributed by atoms with van der Waals surface area (Å²) in [6, 6.07) is 3.95. The Morgan fingerprint density at radius 3 is 2.54 bits per heavy atom. The monoisotopic (exact) mass is 359 g/mol. The Labute approximate surface area is 142 Å². The molecule has 10 heteroatoms. The average molecular weight is 359 g/mol. The minimum atomic E-state index is -2.69. The molecule has 1 aromatic rings. The fourth-order valence-corrected chi connectivity index (χ4v) is 4.19. The van der Waals surface area contributed by atoms with Crippen molar-refractivity contribution in [3.05, 3.63) is 29.6 Å². The molecule has 1 aromatic carbocycles. The molecule has 0 aliphatic carbocycles. The number of rotatable bonds is 10. The van der Waals surface area contributed by atoms with Crippen LogP contribution < -0.4 is 10.8 Å². The van der Waals surface area contributed by atoms with Crippen LogP contribution in [0.5, 0.6) is 0 Å². The van der Waals surface area contributed by atoms with E-state index >= 15 is 0 Å². The molecule has 0 aliphatic rings. The number of benzene rings is 1. The molecule has 7 nitrogen and oxygen atoms in total. The number of nitrogens with one attached hydrogen (secondary N) is 1. The summed E-state index contributed by atoms with van der Waals surface area (Å²) in [6.45, 7) is 2.67. The molecule has 0 unspecified atom stereocenters. The Balaban J connectivity index is 2.56. The summed E-state index contributed by atoms with van der Waals surface area (Å²) in [7, 11) is -1.60. The van der Waals surface area contributed by atoms with Crippen LogP contribution in [-0.2, 0) is 13.3 Å². The van der Waals surface area contributed by atoms with Crippen LogP contribution in [0.4, 0.5) is 4.39 Å². The molecule has 0 saturated carbocycles. The summed E-state index contributed by atoms with van der Waals surface area (Å²) >= 11 is 0. The van der Waals surface area contributed by atoms with Gasteiger partial charge in [-0.15, -0.1) is 0 Å². The molecule has 0 atom stereocenters. The van der Waals surface area contributed by atoms with Crippen LogP contribution >= 0.6 is 0 Å². The zero-order valence-corrected chi connectivity index (χ0v) is 15.0. The summed E-state index contributed by atoms with van der Waals surface area (Å²) in [5.74, 6) is -1.22. The van der Waals surface area contributed by atoms with Gasteiger partial charge in [-0.1, -0.05) is 0 Å². The molecule has 134 valence electrons. The molecule has 0 spiro atoms. The minimum absolute atomic E-state index is 0.145. The third-order valence-electron chi connectivity index (χ3n) is 3.47. The number of carbonyl (C=O) groups excluding carboxylic acids is 1. The van der Waals surface area contributed by atoms with E-state index in [0.29, 0.717) is 25.6 Å². The van der Waals surface area contributed by atoms with Crippen LogP contribution in [0, 0.1) is 5.82 Å². The molecule has 24 heavy (non-hydrogen) atoms. The van der Waals surface area contributed by atoms with Crippen LogP contribution in [0.2, 0.25) is 6.04 Å². The summed E-state index contributed by atoms with van der Waals surface area (Å²) in [5, 5.41) is 20.8. The number of halogens is 1. The van der Waals surface area contributed by atoms with Gasteiger partial charge in [-0.05, 0) is 31.5 Å². The van der Waals surface area contributed by atoms with Crippen LogP contribution in [0.15, 0.2) is 18.2 Å². The van der Waals surface area contributed by atoms with Gasteiger partial charge in [0, 0.05) is 44.4 Å². The van der Waals surface area contributed by atoms with Gasteiger partial charge in [0.1, 0.15) is 5.82 Å². The van der Waals surface area contributed by atoms with Crippen molar-refractivity contribution in [3.63, 3.8) is 0 Å². The van der Waals surface area contributed by atoms with Crippen molar-refractivity contribution in [2.24, 2.45) is 0 Å². The van der Waals surface area contributed by atoms with Crippen LogP contribution in [0.25, 0.3) is 0 Å². The van der Waals surface area contributed by atoms with Gasteiger partial charge in [0.15, 0.2) is 0 Å². The molecule has 1 amide bonds. The van der Waals surface area contributed by atoms with E-state index in [1.165, 1.54) is 20.3 Å². The highest BCUT2D eigenvalue weighted by molar-refractivity contribution is 6.60. The first kappa shape index (κ1) is 20.7. The Bertz CT molecular complexity index is 544. The van der Waals surface area contributed by atoms with Crippen molar-refractivity contribution in [3.8, 4) is 0 Å². The molecule has 3 N–H and O–H groups in total. The van der Waals surface area contributed by atoms with Gasteiger partial charge in [0.25, 0.3) is 5.91 Å². The third kappa shape index (κ3) is 5.65. The van der Waals surface area contributed by atoms with Gasteiger partial charge in [-0.25, -0.2) is 4.39 Å². The number of carbonyl (C=O) groups is 1. The highest BCUT2D eigenvalue weighted by Crippen LogP contribution is 2.15. The highest BCUT2D eigenvalue weighted by Gasteiger charge is 2.37. The molecule has 0 aromatic heterocycles. The first-order valence-corrected chi connectivity index (χ1v) is 9.50. The fraction of sp³-hybridized carbons (Fsp3) is 0.500. The number of hydrogen-bond acceptors (Lipinski definition) is 6. The van der Waals surface area contributed by atoms with E-state index in [-0.39, 0.29) is 11.0 Å². The maximum absolute atomic E-state index is 13.4. The van der Waals surface area contributed by atoms with E-state index in [1.807, 2.05) is 6.92 Å². The predicted molar refractivity (Wildman–Crippen MR) is 89.4 cm³/mol. The van der Waals surface area contributed by atoms with E-state index in [9.17, 15) is 9.18 Å². The minimum Gasteiger partial charge on any atom is -0.423 e. The van der Waals surface area contributed by atoms with Gasteiger partial charge < -0.3 is 28.6 Å². The van der Waals surface area contributed by atoms with Gasteiger partial charge in [0.05, 0.1) is 0 Å². The molecule has 0 saturated heterocycles. The Hall–Kier alpha value is -1.30. The van der Waals surface area contributed by atoms with E-state index in [4.69, 9.17) is 23.3 Å². The van der Waals surface area contributed by atoms with E-state index < -0.39 is 27.6 Å². The van der Waals surface area contributed by atoms with Gasteiger partial charge in [0.2, 0.25) is 0 Å². The maximum Gasteiger partial charge on any atom is 0.500 e. The molecule has 0 fully saturated rings. The van der Waals surface area contributed by atoms with E-state index in [1.54, 1.807) is 0 Å². The lowest BCUT2D eigenvalue weighted by Crippen LogP contribution is -2.44. The van der Waals surface area contributed by atoms with Gasteiger partial charge in [-0.3, -0.25) is 4.79 Å². The second-order valence-electron chi connectivity index (χ2n) is 4.99. The van der Waals surface area contributed by atoms with Crippen molar-refractivity contribution >= 4 is 27.3 Å². The summed E-state index contributed by atoms with van der Waals surface area (Å²) in [6.07, 6.45) is 0.580. The molecule has 0 aliphatic heterocycles. The standard InChI is InChI=1S/C14H23BFNO6Si/c1-4-23-24(21-2,22-3)9-5-8-17-14(18)11-6-7-13(16)12(10-11)15(19)20/h6-7,10,19-20H,4-5,8-9H2,1-3H3,(H,17,18). The summed E-state index contributed by atoms with van der Waals surface area (Å²) < 4.78 is 29.7. The zero-order chi connectivity index (χ0) is 18.2. The fourth-order valence-electron chi connectivity index (χ4n) is 2.19. The smallest absolute Gasteiger partial charge is 0.423 e. The van der Waals surface area contributed by atoms with Crippen molar-refractivity contribution < 1.29 is 32.5 Å². The van der Waals surface area contributed by atoms with Crippen LogP contribution in [0.1, 0.15) is 23.7 Å². The van der Waals surface area contributed by atoms with E-state index in [0.717, 1.165) is 12.1 Å². The van der Waals surface area contributed by atoms with Crippen LogP contribution in [-0.4, -0.2) is 59.2 Å². The lowest BCUT2D eigenvalue weighted by atomic mass is 9.79. The van der Waals surface area contributed by atoms with Gasteiger partial charge in [-0.2, -0.15) is 0 Å². The van der Waals surface area contributed by atoms with Crippen LogP contribution in [0.3, 0.4) is 0 Å². The first-order valence-electron chi connectivity index (χ1n) is 7.57. The van der Waals surface area contributed by atoms with Gasteiger partial charge >= 0.3 is 15.9 Å². The molecule has 0 bridgehead atoms. The summed E-state index contributed by atoms with van der Waals surface area (Å²) in [5.41, 5.74) is -0.199. The lowest BCUT2D eigenvalue weighted by Gasteiger charge is -2.25. The molecular formula is C14H23BFNO6Si. The summed E-state index contributed by atoms with van der Waals surface area (Å²) in [4.78, 5) is 12.0. The molecule has 0 heterocycles. The Kier molecular flexibility index (Phi) is 8.53. The second kappa shape index (κ2) is 9.87. The Morgan fingerprint density at radius 1 is 1.33 bits per heavy atom. The zero-order valence-electron chi connectivity index (χ0n) is 14.0.